The highest BCUT2D eigenvalue weighted by atomic mass is 16.6. The van der Waals surface area contributed by atoms with Gasteiger partial charge in [-0.1, -0.05) is 0 Å². The predicted molar refractivity (Wildman–Crippen MR) is 67.3 cm³/mol. The van der Waals surface area contributed by atoms with Gasteiger partial charge in [-0.15, -0.1) is 0 Å². The van der Waals surface area contributed by atoms with Gasteiger partial charge < -0.3 is 9.84 Å². The van der Waals surface area contributed by atoms with Crippen molar-refractivity contribution in [3.8, 4) is 0 Å². The molecule has 4 nitrogen and oxygen atoms in total. The summed E-state index contributed by atoms with van der Waals surface area (Å²) < 4.78 is 5.09. The Morgan fingerprint density at radius 1 is 1.35 bits per heavy atom. The number of carbonyl (C=O) groups excluding carboxylic acids is 1. The van der Waals surface area contributed by atoms with Crippen LogP contribution in [0.1, 0.15) is 46.5 Å². The molecule has 1 N–H and O–H groups in total. The maximum Gasteiger partial charge on any atom is 0.433 e. The van der Waals surface area contributed by atoms with Crippen LogP contribution in [0.3, 0.4) is 0 Å². The third-order valence-electron chi connectivity index (χ3n) is 2.93. The van der Waals surface area contributed by atoms with E-state index in [9.17, 15) is 4.79 Å². The van der Waals surface area contributed by atoms with E-state index in [1.165, 1.54) is 0 Å². The van der Waals surface area contributed by atoms with Gasteiger partial charge in [0.15, 0.2) is 0 Å². The van der Waals surface area contributed by atoms with E-state index in [0.29, 0.717) is 11.8 Å². The van der Waals surface area contributed by atoms with Crippen molar-refractivity contribution in [3.05, 3.63) is 0 Å². The first-order chi connectivity index (χ1) is 7.90. The zero-order valence-corrected chi connectivity index (χ0v) is 11.0. The molecule has 0 heterocycles. The molecule has 1 aliphatic carbocycles. The van der Waals surface area contributed by atoms with Gasteiger partial charge in [0.25, 0.3) is 0 Å². The molecule has 1 rings (SSSR count). The van der Waals surface area contributed by atoms with E-state index in [4.69, 9.17) is 9.84 Å². The molecular formula is C13H23NO3. The Bertz CT molecular complexity index is 273. The highest BCUT2D eigenvalue weighted by Gasteiger charge is 2.20. The Morgan fingerprint density at radius 3 is 2.41 bits per heavy atom. The predicted octanol–water partition coefficient (Wildman–Crippen LogP) is 2.79. The average molecular weight is 241 g/mol. The molecule has 1 amide bonds. The summed E-state index contributed by atoms with van der Waals surface area (Å²) in [6.45, 7) is 5.75. The SMILES string of the molecule is CC(C)(C)OC(=O)N=CC1CCC(CO)CC1. The summed E-state index contributed by atoms with van der Waals surface area (Å²) in [5, 5.41) is 9.02. The van der Waals surface area contributed by atoms with Crippen LogP contribution in [0.2, 0.25) is 0 Å². The minimum atomic E-state index is -0.512. The number of ether oxygens (including phenoxy) is 1. The number of rotatable bonds is 2. The van der Waals surface area contributed by atoms with E-state index in [1.54, 1.807) is 6.21 Å². The van der Waals surface area contributed by atoms with Gasteiger partial charge in [-0.3, -0.25) is 0 Å². The summed E-state index contributed by atoms with van der Waals surface area (Å²) in [5.41, 5.74) is -0.483. The Labute approximate surface area is 103 Å². The van der Waals surface area contributed by atoms with Crippen LogP contribution in [0.5, 0.6) is 0 Å². The summed E-state index contributed by atoms with van der Waals surface area (Å²) in [4.78, 5) is 15.2. The number of aliphatic hydroxyl groups is 1. The van der Waals surface area contributed by atoms with E-state index in [1.807, 2.05) is 20.8 Å². The van der Waals surface area contributed by atoms with Gasteiger partial charge in [-0.05, 0) is 58.3 Å². The van der Waals surface area contributed by atoms with Crippen molar-refractivity contribution >= 4 is 12.3 Å². The molecule has 4 heteroatoms. The normalized spacial score (nSPS) is 26.1. The minimum absolute atomic E-state index is 0.274. The lowest BCUT2D eigenvalue weighted by molar-refractivity contribution is 0.0604. The zero-order valence-electron chi connectivity index (χ0n) is 11.0. The molecule has 0 aromatic heterocycles. The number of carbonyl (C=O) groups is 1. The topological polar surface area (TPSA) is 58.9 Å². The smallest absolute Gasteiger partial charge is 0.433 e. The van der Waals surface area contributed by atoms with Crippen molar-refractivity contribution in [3.63, 3.8) is 0 Å². The monoisotopic (exact) mass is 241 g/mol. The summed E-state index contributed by atoms with van der Waals surface area (Å²) in [5.74, 6) is 0.784. The van der Waals surface area contributed by atoms with Gasteiger partial charge >= 0.3 is 6.09 Å². The van der Waals surface area contributed by atoms with Crippen LogP contribution in [0.25, 0.3) is 0 Å². The maximum atomic E-state index is 11.4. The van der Waals surface area contributed by atoms with Crippen LogP contribution < -0.4 is 0 Å². The lowest BCUT2D eigenvalue weighted by atomic mass is 9.83. The second-order valence-electron chi connectivity index (χ2n) is 5.72. The van der Waals surface area contributed by atoms with Gasteiger partial charge in [-0.25, -0.2) is 4.79 Å². The van der Waals surface area contributed by atoms with Crippen molar-refractivity contribution in [1.29, 1.82) is 0 Å². The van der Waals surface area contributed by atoms with E-state index in [2.05, 4.69) is 4.99 Å². The fourth-order valence-electron chi connectivity index (χ4n) is 1.97. The van der Waals surface area contributed by atoms with E-state index >= 15 is 0 Å². The van der Waals surface area contributed by atoms with Crippen LogP contribution in [0.15, 0.2) is 4.99 Å². The standard InChI is InChI=1S/C13H23NO3/c1-13(2,3)17-12(16)14-8-10-4-6-11(9-15)7-5-10/h8,10-11,15H,4-7,9H2,1-3H3. The molecular weight excluding hydrogens is 218 g/mol. The lowest BCUT2D eigenvalue weighted by Gasteiger charge is -2.24. The van der Waals surface area contributed by atoms with E-state index < -0.39 is 11.7 Å². The summed E-state index contributed by atoms with van der Waals surface area (Å²) in [6, 6.07) is 0. The second-order valence-corrected chi connectivity index (χ2v) is 5.72. The number of aliphatic hydroxyl groups excluding tert-OH is 1. The number of nitrogens with zero attached hydrogens (tertiary/aromatic N) is 1. The average Bonchev–Trinajstić information content (AvgIpc) is 2.25. The molecule has 98 valence electrons. The molecule has 0 radical (unpaired) electrons. The zero-order chi connectivity index (χ0) is 12.9. The lowest BCUT2D eigenvalue weighted by Crippen LogP contribution is -2.23. The highest BCUT2D eigenvalue weighted by Crippen LogP contribution is 2.27. The number of hydrogen-bond acceptors (Lipinski definition) is 3. The van der Waals surface area contributed by atoms with Crippen LogP contribution in [-0.2, 0) is 4.74 Å². The van der Waals surface area contributed by atoms with Crippen molar-refractivity contribution < 1.29 is 14.6 Å². The molecule has 0 spiro atoms. The van der Waals surface area contributed by atoms with Gasteiger partial charge in [0.05, 0.1) is 0 Å². The Hall–Kier alpha value is -0.900. The molecule has 1 aliphatic rings. The fraction of sp³-hybridized carbons (Fsp3) is 0.846. The third kappa shape index (κ3) is 5.82. The van der Waals surface area contributed by atoms with Crippen LogP contribution in [0.4, 0.5) is 4.79 Å². The molecule has 0 aromatic rings. The summed E-state index contributed by atoms with van der Waals surface area (Å²) in [6.07, 6.45) is 5.22. The first-order valence-corrected chi connectivity index (χ1v) is 6.28. The summed E-state index contributed by atoms with van der Waals surface area (Å²) in [7, 11) is 0. The van der Waals surface area contributed by atoms with Gasteiger partial charge in [0.2, 0.25) is 0 Å². The first-order valence-electron chi connectivity index (χ1n) is 6.28. The largest absolute Gasteiger partial charge is 0.442 e. The quantitative estimate of drug-likeness (QED) is 0.756. The Balaban J connectivity index is 2.32. The molecule has 17 heavy (non-hydrogen) atoms. The molecule has 0 saturated heterocycles. The molecule has 0 atom stereocenters. The summed E-state index contributed by atoms with van der Waals surface area (Å²) >= 11 is 0. The van der Waals surface area contributed by atoms with Crippen LogP contribution in [0, 0.1) is 11.8 Å². The number of amides is 1. The van der Waals surface area contributed by atoms with Crippen molar-refractivity contribution in [2.45, 2.75) is 52.1 Å². The number of aliphatic imine (C=N–C) groups is 1. The fourth-order valence-corrected chi connectivity index (χ4v) is 1.97. The van der Waals surface area contributed by atoms with E-state index in [0.717, 1.165) is 25.7 Å². The van der Waals surface area contributed by atoms with E-state index in [-0.39, 0.29) is 6.61 Å². The van der Waals surface area contributed by atoms with Gasteiger partial charge in [-0.2, -0.15) is 4.99 Å². The minimum Gasteiger partial charge on any atom is -0.442 e. The number of hydrogen-bond donors (Lipinski definition) is 1. The van der Waals surface area contributed by atoms with Crippen molar-refractivity contribution in [1.82, 2.24) is 0 Å². The van der Waals surface area contributed by atoms with Crippen LogP contribution in [-0.4, -0.2) is 29.6 Å². The molecule has 1 saturated carbocycles. The molecule has 0 unspecified atom stereocenters. The molecule has 1 fully saturated rings. The molecule has 0 aromatic carbocycles. The third-order valence-corrected chi connectivity index (χ3v) is 2.93. The Morgan fingerprint density at radius 2 is 1.94 bits per heavy atom. The van der Waals surface area contributed by atoms with Crippen molar-refractivity contribution in [2.75, 3.05) is 6.61 Å². The van der Waals surface area contributed by atoms with Gasteiger partial charge in [0, 0.05) is 12.8 Å². The van der Waals surface area contributed by atoms with Crippen molar-refractivity contribution in [2.24, 2.45) is 16.8 Å². The second kappa shape index (κ2) is 6.15. The Kier molecular flexibility index (Phi) is 5.12. The first kappa shape index (κ1) is 14.2. The van der Waals surface area contributed by atoms with Crippen LogP contribution >= 0.6 is 0 Å². The highest BCUT2D eigenvalue weighted by molar-refractivity contribution is 5.80. The van der Waals surface area contributed by atoms with Gasteiger partial charge in [0.1, 0.15) is 5.60 Å². The maximum absolute atomic E-state index is 11.4. The molecule has 0 aliphatic heterocycles. The molecule has 0 bridgehead atoms.